The van der Waals surface area contributed by atoms with E-state index in [1.165, 1.54) is 13.8 Å². The number of carbonyl (C=O) groups excluding carboxylic acids is 2. The molecule has 3 rings (SSSR count). The average molecular weight is 338 g/mol. The topological polar surface area (TPSA) is 83.5 Å². The molecule has 0 saturated carbocycles. The number of amidine groups is 1. The maximum atomic E-state index is 12.1. The van der Waals surface area contributed by atoms with Crippen molar-refractivity contribution in [1.29, 1.82) is 0 Å². The lowest BCUT2D eigenvalue weighted by Crippen LogP contribution is -2.37. The fourth-order valence-corrected chi connectivity index (χ4v) is 3.22. The molecule has 1 aliphatic heterocycles. The van der Waals surface area contributed by atoms with Crippen molar-refractivity contribution in [2.24, 2.45) is 10.9 Å². The largest absolute Gasteiger partial charge is 0.297 e. The van der Waals surface area contributed by atoms with Gasteiger partial charge in [-0.25, -0.2) is 9.98 Å². The first kappa shape index (κ1) is 17.1. The van der Waals surface area contributed by atoms with Crippen LogP contribution in [0.4, 0.5) is 11.4 Å². The Labute approximate surface area is 146 Å². The van der Waals surface area contributed by atoms with Gasteiger partial charge in [-0.1, -0.05) is 26.0 Å². The lowest BCUT2D eigenvalue weighted by molar-refractivity contribution is 0.100. The Morgan fingerprint density at radius 1 is 1.08 bits per heavy atom. The molecule has 6 nitrogen and oxygen atoms in total. The van der Waals surface area contributed by atoms with Crippen LogP contribution in [0.15, 0.2) is 23.2 Å². The van der Waals surface area contributed by atoms with Crippen LogP contribution >= 0.6 is 0 Å². The zero-order chi connectivity index (χ0) is 18.1. The van der Waals surface area contributed by atoms with Gasteiger partial charge in [0.05, 0.1) is 11.2 Å². The molecule has 0 aliphatic carbocycles. The van der Waals surface area contributed by atoms with E-state index < -0.39 is 0 Å². The quantitative estimate of drug-likeness (QED) is 0.804. The number of carbonyl (C=O) groups is 2. The van der Waals surface area contributed by atoms with E-state index in [0.29, 0.717) is 33.5 Å². The Kier molecular flexibility index (Phi) is 4.53. The molecule has 0 amide bonds. The minimum absolute atomic E-state index is 0.0539. The van der Waals surface area contributed by atoms with Crippen molar-refractivity contribution in [3.63, 3.8) is 0 Å². The van der Waals surface area contributed by atoms with Gasteiger partial charge in [0.25, 0.3) is 0 Å². The first-order chi connectivity index (χ1) is 12.0. The molecule has 0 saturated heterocycles. The summed E-state index contributed by atoms with van der Waals surface area (Å²) in [7, 11) is 0. The van der Waals surface area contributed by atoms with E-state index in [2.05, 4.69) is 29.7 Å². The standard InChI is InChI=1S/C19H22N4O2/c1-5-12(6-2)19-21-18-16(11(4)25)20-14-9-7-8-13(10(3)24)15(14)17(18)22-23-19/h7-9,12,22H,5-6H2,1-4H3,(H,21,23). The van der Waals surface area contributed by atoms with Crippen LogP contribution in [0.3, 0.4) is 0 Å². The first-order valence-electron chi connectivity index (χ1n) is 8.57. The Morgan fingerprint density at radius 3 is 2.40 bits per heavy atom. The average Bonchev–Trinajstić information content (AvgIpc) is 2.61. The molecule has 2 aromatic rings. The SMILES string of the molecule is CCC(CC)C1=Nc2c(C(C)=O)nc3cccc(C(C)=O)c3c2NN1. The van der Waals surface area contributed by atoms with E-state index >= 15 is 0 Å². The summed E-state index contributed by atoms with van der Waals surface area (Å²) in [5.74, 6) is 0.852. The molecular formula is C19H22N4O2. The molecule has 0 bridgehead atoms. The third-order valence-electron chi connectivity index (χ3n) is 4.62. The Hall–Kier alpha value is -2.76. The van der Waals surface area contributed by atoms with E-state index in [4.69, 9.17) is 4.99 Å². The summed E-state index contributed by atoms with van der Waals surface area (Å²) >= 11 is 0. The van der Waals surface area contributed by atoms with Gasteiger partial charge >= 0.3 is 0 Å². The number of nitrogens with one attached hydrogen (secondary N) is 2. The van der Waals surface area contributed by atoms with Crippen molar-refractivity contribution in [2.75, 3.05) is 5.43 Å². The van der Waals surface area contributed by atoms with Gasteiger partial charge in [0.1, 0.15) is 17.2 Å². The van der Waals surface area contributed by atoms with E-state index in [0.717, 1.165) is 18.7 Å². The van der Waals surface area contributed by atoms with Gasteiger partial charge in [-0.2, -0.15) is 0 Å². The van der Waals surface area contributed by atoms with Gasteiger partial charge in [-0.3, -0.25) is 20.4 Å². The summed E-state index contributed by atoms with van der Waals surface area (Å²) in [6.07, 6.45) is 1.88. The number of hydrazine groups is 1. The van der Waals surface area contributed by atoms with Crippen LogP contribution in [-0.4, -0.2) is 22.4 Å². The molecule has 2 N–H and O–H groups in total. The number of Topliss-reactive ketones (excluding diaryl/α,β-unsaturated/α-hetero) is 2. The molecule has 0 unspecified atom stereocenters. The maximum Gasteiger partial charge on any atom is 0.180 e. The number of anilines is 1. The maximum absolute atomic E-state index is 12.1. The highest BCUT2D eigenvalue weighted by atomic mass is 16.1. The second kappa shape index (κ2) is 6.63. The summed E-state index contributed by atoms with van der Waals surface area (Å²) in [4.78, 5) is 33.4. The second-order valence-electron chi connectivity index (χ2n) is 6.26. The number of benzene rings is 1. The fourth-order valence-electron chi connectivity index (χ4n) is 3.22. The number of hydrogen-bond acceptors (Lipinski definition) is 6. The van der Waals surface area contributed by atoms with Crippen LogP contribution in [0.2, 0.25) is 0 Å². The number of pyridine rings is 1. The molecule has 1 aliphatic rings. The van der Waals surface area contributed by atoms with Crippen LogP contribution in [0.1, 0.15) is 61.4 Å². The van der Waals surface area contributed by atoms with Gasteiger partial charge in [-0.15, -0.1) is 0 Å². The number of ketones is 2. The number of rotatable bonds is 5. The van der Waals surface area contributed by atoms with Crippen LogP contribution in [0.5, 0.6) is 0 Å². The molecule has 1 aromatic carbocycles. The zero-order valence-electron chi connectivity index (χ0n) is 14.9. The van der Waals surface area contributed by atoms with Gasteiger partial charge in [0.2, 0.25) is 0 Å². The van der Waals surface area contributed by atoms with Crippen molar-refractivity contribution in [3.05, 3.63) is 29.5 Å². The van der Waals surface area contributed by atoms with Crippen molar-refractivity contribution in [3.8, 4) is 0 Å². The molecule has 0 fully saturated rings. The van der Waals surface area contributed by atoms with Gasteiger partial charge < -0.3 is 0 Å². The highest BCUT2D eigenvalue weighted by Gasteiger charge is 2.26. The molecule has 25 heavy (non-hydrogen) atoms. The van der Waals surface area contributed by atoms with E-state index in [1.807, 2.05) is 0 Å². The smallest absolute Gasteiger partial charge is 0.180 e. The second-order valence-corrected chi connectivity index (χ2v) is 6.26. The summed E-state index contributed by atoms with van der Waals surface area (Å²) in [6, 6.07) is 5.34. The van der Waals surface area contributed by atoms with Gasteiger partial charge in [0, 0.05) is 23.8 Å². The molecule has 0 radical (unpaired) electrons. The summed E-state index contributed by atoms with van der Waals surface area (Å²) in [5.41, 5.74) is 8.95. The van der Waals surface area contributed by atoms with E-state index in [9.17, 15) is 9.59 Å². The highest BCUT2D eigenvalue weighted by Crippen LogP contribution is 2.39. The lowest BCUT2D eigenvalue weighted by Gasteiger charge is -2.26. The molecule has 1 aromatic heterocycles. The van der Waals surface area contributed by atoms with Gasteiger partial charge in [0.15, 0.2) is 11.6 Å². The number of hydrogen-bond donors (Lipinski definition) is 2. The minimum Gasteiger partial charge on any atom is -0.297 e. The summed E-state index contributed by atoms with van der Waals surface area (Å²) in [6.45, 7) is 7.21. The van der Waals surface area contributed by atoms with Crippen molar-refractivity contribution in [1.82, 2.24) is 10.4 Å². The normalized spacial score (nSPS) is 13.1. The van der Waals surface area contributed by atoms with Crippen LogP contribution in [0, 0.1) is 5.92 Å². The third kappa shape index (κ3) is 2.88. The number of aliphatic imine (C=N–C) groups is 1. The summed E-state index contributed by atoms with van der Waals surface area (Å²) in [5, 5.41) is 0.690. The van der Waals surface area contributed by atoms with Crippen molar-refractivity contribution >= 4 is 39.7 Å². The zero-order valence-corrected chi connectivity index (χ0v) is 14.9. The number of nitrogens with zero attached hydrogens (tertiary/aromatic N) is 2. The Balaban J connectivity index is 2.35. The van der Waals surface area contributed by atoms with Crippen LogP contribution in [-0.2, 0) is 0 Å². The third-order valence-corrected chi connectivity index (χ3v) is 4.62. The van der Waals surface area contributed by atoms with Crippen LogP contribution < -0.4 is 10.9 Å². The van der Waals surface area contributed by atoms with Gasteiger partial charge in [-0.05, 0) is 25.8 Å². The van der Waals surface area contributed by atoms with E-state index in [-0.39, 0.29) is 17.5 Å². The fraction of sp³-hybridized carbons (Fsp3) is 0.368. The van der Waals surface area contributed by atoms with Crippen molar-refractivity contribution in [2.45, 2.75) is 40.5 Å². The Bertz CT molecular complexity index is 898. The molecule has 130 valence electrons. The predicted molar refractivity (Wildman–Crippen MR) is 99.7 cm³/mol. The monoisotopic (exact) mass is 338 g/mol. The molecule has 0 atom stereocenters. The van der Waals surface area contributed by atoms with Crippen molar-refractivity contribution < 1.29 is 9.59 Å². The predicted octanol–water partition coefficient (Wildman–Crippen LogP) is 4.04. The molecule has 6 heteroatoms. The number of fused-ring (bicyclic) bond motifs is 3. The highest BCUT2D eigenvalue weighted by molar-refractivity contribution is 6.16. The molecule has 0 spiro atoms. The molecular weight excluding hydrogens is 316 g/mol. The lowest BCUT2D eigenvalue weighted by atomic mass is 9.99. The molecule has 2 heterocycles. The minimum atomic E-state index is -0.150. The summed E-state index contributed by atoms with van der Waals surface area (Å²) < 4.78 is 0. The Morgan fingerprint density at radius 2 is 1.80 bits per heavy atom. The first-order valence-corrected chi connectivity index (χ1v) is 8.57. The number of aromatic nitrogens is 1. The van der Waals surface area contributed by atoms with E-state index in [1.54, 1.807) is 18.2 Å². The van der Waals surface area contributed by atoms with Crippen LogP contribution in [0.25, 0.3) is 10.9 Å².